The van der Waals surface area contributed by atoms with Gasteiger partial charge >= 0.3 is 0 Å². The maximum atomic E-state index is 10.4. The number of rotatable bonds is 4. The van der Waals surface area contributed by atoms with Gasteiger partial charge in [0.25, 0.3) is 0 Å². The molecular weight excluding hydrogens is 112 g/mol. The van der Waals surface area contributed by atoms with E-state index in [2.05, 4.69) is 6.29 Å². The molecule has 0 saturated carbocycles. The molecule has 0 aromatic rings. The molecule has 0 saturated heterocycles. The molecule has 0 aliphatic carbocycles. The predicted octanol–water partition coefficient (Wildman–Crippen LogP) is 2.31. The highest BCUT2D eigenvalue weighted by atomic mass is 16.1. The monoisotopic (exact) mass is 127 g/mol. The van der Waals surface area contributed by atoms with Crippen molar-refractivity contribution in [3.63, 3.8) is 0 Å². The average molecular weight is 127 g/mol. The molecule has 0 bridgehead atoms. The van der Waals surface area contributed by atoms with E-state index in [-0.39, 0.29) is 5.41 Å². The van der Waals surface area contributed by atoms with Crippen LogP contribution in [0, 0.1) is 5.41 Å². The Morgan fingerprint density at radius 1 is 1.11 bits per heavy atom. The van der Waals surface area contributed by atoms with Crippen LogP contribution in [0.3, 0.4) is 0 Å². The van der Waals surface area contributed by atoms with Gasteiger partial charge in [0.05, 0.1) is 0 Å². The molecule has 1 nitrogen and oxygen atoms in total. The minimum Gasteiger partial charge on any atom is -0.290 e. The molecule has 1 heteroatoms. The molecule has 0 fully saturated rings. The fourth-order valence-electron chi connectivity index (χ4n) is 0.967. The zero-order valence-electron chi connectivity index (χ0n) is 6.53. The van der Waals surface area contributed by atoms with Crippen molar-refractivity contribution in [1.29, 1.82) is 0 Å². The SMILES string of the molecule is CCC([C]=O)(CC)CC. The van der Waals surface area contributed by atoms with E-state index in [1.165, 1.54) is 0 Å². The van der Waals surface area contributed by atoms with Crippen LogP contribution in [-0.2, 0) is 4.79 Å². The molecule has 0 aliphatic rings. The van der Waals surface area contributed by atoms with Gasteiger partial charge in [-0.1, -0.05) is 20.8 Å². The topological polar surface area (TPSA) is 17.1 Å². The van der Waals surface area contributed by atoms with Crippen LogP contribution in [0.5, 0.6) is 0 Å². The standard InChI is InChI=1S/C8H15O/c1-4-8(5-2,6-3)7-9/h4-6H2,1-3H3. The summed E-state index contributed by atoms with van der Waals surface area (Å²) in [5, 5.41) is 0. The van der Waals surface area contributed by atoms with Crippen molar-refractivity contribution in [2.45, 2.75) is 40.0 Å². The maximum Gasteiger partial charge on any atom is 0.205 e. The van der Waals surface area contributed by atoms with E-state index in [1.54, 1.807) is 0 Å². The second-order valence-electron chi connectivity index (χ2n) is 2.44. The lowest BCUT2D eigenvalue weighted by Crippen LogP contribution is -2.18. The Balaban J connectivity index is 3.98. The summed E-state index contributed by atoms with van der Waals surface area (Å²) in [5.74, 6) is 0. The lowest BCUT2D eigenvalue weighted by Gasteiger charge is -2.20. The van der Waals surface area contributed by atoms with Crippen molar-refractivity contribution in [3.05, 3.63) is 0 Å². The van der Waals surface area contributed by atoms with Crippen molar-refractivity contribution in [2.24, 2.45) is 5.41 Å². The Kier molecular flexibility index (Phi) is 3.52. The number of hydrogen-bond donors (Lipinski definition) is 0. The molecule has 0 aromatic heterocycles. The molecule has 0 aromatic carbocycles. The fraction of sp³-hybridized carbons (Fsp3) is 0.875. The van der Waals surface area contributed by atoms with E-state index in [9.17, 15) is 4.79 Å². The number of carbonyl (C=O) groups excluding carboxylic acids is 1. The first kappa shape index (κ1) is 8.67. The van der Waals surface area contributed by atoms with Crippen molar-refractivity contribution in [2.75, 3.05) is 0 Å². The lowest BCUT2D eigenvalue weighted by molar-refractivity contribution is 0.348. The summed E-state index contributed by atoms with van der Waals surface area (Å²) in [4.78, 5) is 10.4. The molecule has 1 radical (unpaired) electrons. The molecular formula is C8H15O. The zero-order chi connectivity index (χ0) is 7.33. The van der Waals surface area contributed by atoms with Gasteiger partial charge in [-0.3, -0.25) is 4.79 Å². The first-order valence-electron chi connectivity index (χ1n) is 3.64. The van der Waals surface area contributed by atoms with E-state index < -0.39 is 0 Å². The van der Waals surface area contributed by atoms with Crippen molar-refractivity contribution < 1.29 is 4.79 Å². The van der Waals surface area contributed by atoms with Crippen molar-refractivity contribution in [1.82, 2.24) is 0 Å². The lowest BCUT2D eigenvalue weighted by atomic mass is 9.82. The summed E-state index contributed by atoms with van der Waals surface area (Å²) >= 11 is 0. The van der Waals surface area contributed by atoms with Gasteiger partial charge in [0.1, 0.15) is 0 Å². The number of hydrogen-bond acceptors (Lipinski definition) is 1. The average Bonchev–Trinajstić information content (AvgIpc) is 1.95. The van der Waals surface area contributed by atoms with Crippen molar-refractivity contribution >= 4 is 6.29 Å². The van der Waals surface area contributed by atoms with Crippen LogP contribution >= 0.6 is 0 Å². The zero-order valence-corrected chi connectivity index (χ0v) is 6.53. The third-order valence-electron chi connectivity index (χ3n) is 2.25. The predicted molar refractivity (Wildman–Crippen MR) is 39.0 cm³/mol. The molecule has 0 heterocycles. The molecule has 9 heavy (non-hydrogen) atoms. The molecule has 0 unspecified atom stereocenters. The van der Waals surface area contributed by atoms with Crippen LogP contribution in [0.4, 0.5) is 0 Å². The van der Waals surface area contributed by atoms with Crippen LogP contribution in [0.25, 0.3) is 0 Å². The Labute approximate surface area is 57.5 Å². The summed E-state index contributed by atoms with van der Waals surface area (Å²) in [6, 6.07) is 0. The summed E-state index contributed by atoms with van der Waals surface area (Å²) in [7, 11) is 0. The van der Waals surface area contributed by atoms with Crippen LogP contribution in [0.15, 0.2) is 0 Å². The van der Waals surface area contributed by atoms with Crippen molar-refractivity contribution in [3.8, 4) is 0 Å². The molecule has 0 spiro atoms. The van der Waals surface area contributed by atoms with Gasteiger partial charge in [0, 0.05) is 5.41 Å². The first-order valence-corrected chi connectivity index (χ1v) is 3.64. The molecule has 0 amide bonds. The Morgan fingerprint density at radius 2 is 1.44 bits per heavy atom. The Bertz CT molecular complexity index is 74.3. The van der Waals surface area contributed by atoms with E-state index in [0.717, 1.165) is 19.3 Å². The van der Waals surface area contributed by atoms with Gasteiger partial charge in [0.15, 0.2) is 0 Å². The largest absolute Gasteiger partial charge is 0.290 e. The first-order chi connectivity index (χ1) is 4.24. The van der Waals surface area contributed by atoms with Gasteiger partial charge < -0.3 is 0 Å². The van der Waals surface area contributed by atoms with Crippen LogP contribution in [-0.4, -0.2) is 6.29 Å². The third-order valence-corrected chi connectivity index (χ3v) is 2.25. The van der Waals surface area contributed by atoms with E-state index in [0.29, 0.717) is 0 Å². The minimum atomic E-state index is -0.139. The third kappa shape index (κ3) is 1.81. The highest BCUT2D eigenvalue weighted by Crippen LogP contribution is 2.26. The van der Waals surface area contributed by atoms with Crippen LogP contribution < -0.4 is 0 Å². The van der Waals surface area contributed by atoms with E-state index in [4.69, 9.17) is 0 Å². The normalized spacial score (nSPS) is 11.4. The summed E-state index contributed by atoms with van der Waals surface area (Å²) < 4.78 is 0. The van der Waals surface area contributed by atoms with Gasteiger partial charge in [0.2, 0.25) is 6.29 Å². The van der Waals surface area contributed by atoms with Gasteiger partial charge in [-0.05, 0) is 19.3 Å². The molecule has 0 atom stereocenters. The summed E-state index contributed by atoms with van der Waals surface area (Å²) in [6.07, 6.45) is 4.88. The minimum absolute atomic E-state index is 0.139. The highest BCUT2D eigenvalue weighted by molar-refractivity contribution is 5.59. The van der Waals surface area contributed by atoms with E-state index >= 15 is 0 Å². The van der Waals surface area contributed by atoms with Crippen LogP contribution in [0.1, 0.15) is 40.0 Å². The second kappa shape index (κ2) is 3.65. The van der Waals surface area contributed by atoms with Crippen LogP contribution in [0.2, 0.25) is 0 Å². The van der Waals surface area contributed by atoms with Gasteiger partial charge in [-0.25, -0.2) is 0 Å². The molecule has 0 aliphatic heterocycles. The second-order valence-corrected chi connectivity index (χ2v) is 2.44. The van der Waals surface area contributed by atoms with Gasteiger partial charge in [-0.2, -0.15) is 0 Å². The fourth-order valence-corrected chi connectivity index (χ4v) is 0.967. The van der Waals surface area contributed by atoms with Gasteiger partial charge in [-0.15, -0.1) is 0 Å². The smallest absolute Gasteiger partial charge is 0.205 e. The Hall–Kier alpha value is -0.330. The van der Waals surface area contributed by atoms with E-state index in [1.807, 2.05) is 20.8 Å². The molecule has 0 N–H and O–H groups in total. The molecule has 53 valence electrons. The molecule has 0 rings (SSSR count). The Morgan fingerprint density at radius 3 is 1.44 bits per heavy atom. The maximum absolute atomic E-state index is 10.4. The quantitative estimate of drug-likeness (QED) is 0.566. The highest BCUT2D eigenvalue weighted by Gasteiger charge is 2.23. The summed E-state index contributed by atoms with van der Waals surface area (Å²) in [5.41, 5.74) is -0.139. The summed E-state index contributed by atoms with van der Waals surface area (Å²) in [6.45, 7) is 6.12.